The molecular formula is C15H27N3O. The third kappa shape index (κ3) is 3.74. The van der Waals surface area contributed by atoms with E-state index in [4.69, 9.17) is 4.74 Å². The molecule has 0 aromatic carbocycles. The Bertz CT molecular complexity index is 397. The fourth-order valence-corrected chi connectivity index (χ4v) is 2.23. The van der Waals surface area contributed by atoms with Crippen LogP contribution in [0.25, 0.3) is 0 Å². The van der Waals surface area contributed by atoms with Gasteiger partial charge >= 0.3 is 0 Å². The minimum absolute atomic E-state index is 0.383. The molecule has 0 aliphatic carbocycles. The maximum absolute atomic E-state index is 5.86. The fraction of sp³-hybridized carbons (Fsp3) is 0.733. The van der Waals surface area contributed by atoms with Gasteiger partial charge < -0.3 is 10.1 Å². The molecule has 0 fully saturated rings. The molecule has 0 amide bonds. The lowest BCUT2D eigenvalue weighted by molar-refractivity contribution is -0.0393. The molecule has 0 radical (unpaired) electrons. The van der Waals surface area contributed by atoms with E-state index in [0.29, 0.717) is 6.61 Å². The molecular weight excluding hydrogens is 238 g/mol. The lowest BCUT2D eigenvalue weighted by atomic mass is 10.0. The highest BCUT2D eigenvalue weighted by atomic mass is 16.5. The molecule has 4 nitrogen and oxygen atoms in total. The van der Waals surface area contributed by atoms with Gasteiger partial charge in [0.05, 0.1) is 0 Å². The molecule has 0 saturated heterocycles. The van der Waals surface area contributed by atoms with Crippen LogP contribution < -0.4 is 5.32 Å². The largest absolute Gasteiger partial charge is 0.368 e. The highest BCUT2D eigenvalue weighted by molar-refractivity contribution is 5.26. The van der Waals surface area contributed by atoms with E-state index in [1.165, 1.54) is 5.56 Å². The van der Waals surface area contributed by atoms with Gasteiger partial charge in [-0.2, -0.15) is 0 Å². The maximum atomic E-state index is 5.86. The molecule has 4 heteroatoms. The van der Waals surface area contributed by atoms with Crippen molar-refractivity contribution in [3.63, 3.8) is 0 Å². The van der Waals surface area contributed by atoms with Crippen LogP contribution in [0.5, 0.6) is 0 Å². The Morgan fingerprint density at radius 3 is 2.16 bits per heavy atom. The second kappa shape index (κ2) is 6.96. The molecule has 1 aromatic rings. The fourth-order valence-electron chi connectivity index (χ4n) is 2.23. The van der Waals surface area contributed by atoms with Crippen molar-refractivity contribution in [2.45, 2.75) is 53.1 Å². The number of likely N-dealkylation sites (N-methyl/N-ethyl adjacent to an activating group) is 1. The van der Waals surface area contributed by atoms with Gasteiger partial charge in [-0.15, -0.1) is 0 Å². The highest BCUT2D eigenvalue weighted by Gasteiger charge is 2.29. The van der Waals surface area contributed by atoms with Gasteiger partial charge in [-0.25, -0.2) is 9.97 Å². The molecule has 1 N–H and O–H groups in total. The minimum Gasteiger partial charge on any atom is -0.368 e. The van der Waals surface area contributed by atoms with Gasteiger partial charge in [-0.05, 0) is 59.7 Å². The molecule has 0 spiro atoms. The van der Waals surface area contributed by atoms with E-state index < -0.39 is 0 Å². The van der Waals surface area contributed by atoms with Crippen molar-refractivity contribution >= 4 is 0 Å². The SMILES string of the molecule is CCOC(C)(CC)c1nc(C)c(CCNC)c(C)n1. The summed E-state index contributed by atoms with van der Waals surface area (Å²) in [6.45, 7) is 11.9. The van der Waals surface area contributed by atoms with Crippen LogP contribution in [0.15, 0.2) is 0 Å². The van der Waals surface area contributed by atoms with Crippen molar-refractivity contribution in [1.29, 1.82) is 0 Å². The van der Waals surface area contributed by atoms with Crippen LogP contribution >= 0.6 is 0 Å². The van der Waals surface area contributed by atoms with Gasteiger partial charge in [0, 0.05) is 18.0 Å². The van der Waals surface area contributed by atoms with Crippen LogP contribution in [0.1, 0.15) is 50.0 Å². The Morgan fingerprint density at radius 1 is 1.16 bits per heavy atom. The van der Waals surface area contributed by atoms with Gasteiger partial charge in [0.15, 0.2) is 5.82 Å². The first-order valence-corrected chi connectivity index (χ1v) is 7.11. The first-order valence-electron chi connectivity index (χ1n) is 7.11. The smallest absolute Gasteiger partial charge is 0.160 e. The van der Waals surface area contributed by atoms with Crippen molar-refractivity contribution in [2.24, 2.45) is 0 Å². The molecule has 19 heavy (non-hydrogen) atoms. The number of rotatable bonds is 7. The zero-order valence-corrected chi connectivity index (χ0v) is 13.1. The van der Waals surface area contributed by atoms with Crippen molar-refractivity contribution in [1.82, 2.24) is 15.3 Å². The zero-order valence-electron chi connectivity index (χ0n) is 13.1. The number of aromatic nitrogens is 2. The predicted octanol–water partition coefficient (Wildman–Crippen LogP) is 2.52. The molecule has 0 bridgehead atoms. The van der Waals surface area contributed by atoms with Crippen molar-refractivity contribution in [3.8, 4) is 0 Å². The Morgan fingerprint density at radius 2 is 1.74 bits per heavy atom. The van der Waals surface area contributed by atoms with Gasteiger partial charge in [0.25, 0.3) is 0 Å². The highest BCUT2D eigenvalue weighted by Crippen LogP contribution is 2.27. The van der Waals surface area contributed by atoms with E-state index in [2.05, 4.69) is 43.0 Å². The Balaban J connectivity index is 3.12. The quantitative estimate of drug-likeness (QED) is 0.823. The average Bonchev–Trinajstić information content (AvgIpc) is 2.37. The molecule has 108 valence electrons. The second-order valence-electron chi connectivity index (χ2n) is 5.07. The van der Waals surface area contributed by atoms with Crippen LogP contribution in [0.4, 0.5) is 0 Å². The van der Waals surface area contributed by atoms with Crippen molar-refractivity contribution in [2.75, 3.05) is 20.2 Å². The van der Waals surface area contributed by atoms with E-state index in [-0.39, 0.29) is 5.60 Å². The van der Waals surface area contributed by atoms with Crippen LogP contribution in [-0.2, 0) is 16.8 Å². The summed E-state index contributed by atoms with van der Waals surface area (Å²) in [6, 6.07) is 0. The summed E-state index contributed by atoms with van der Waals surface area (Å²) >= 11 is 0. The maximum Gasteiger partial charge on any atom is 0.160 e. The number of nitrogens with one attached hydrogen (secondary N) is 1. The van der Waals surface area contributed by atoms with Gasteiger partial charge in [-0.3, -0.25) is 0 Å². The van der Waals surface area contributed by atoms with Crippen molar-refractivity contribution in [3.05, 3.63) is 22.8 Å². The number of ether oxygens (including phenoxy) is 1. The molecule has 0 aliphatic heterocycles. The third-order valence-electron chi connectivity index (χ3n) is 3.66. The van der Waals surface area contributed by atoms with Gasteiger partial charge in [0.1, 0.15) is 5.60 Å². The summed E-state index contributed by atoms with van der Waals surface area (Å²) in [4.78, 5) is 9.37. The molecule has 1 aromatic heterocycles. The average molecular weight is 265 g/mol. The normalized spacial score (nSPS) is 14.4. The summed E-state index contributed by atoms with van der Waals surface area (Å²) in [5.74, 6) is 0.806. The van der Waals surface area contributed by atoms with Crippen molar-refractivity contribution < 1.29 is 4.74 Å². The first kappa shape index (κ1) is 16.1. The van der Waals surface area contributed by atoms with Crippen LogP contribution in [0.2, 0.25) is 0 Å². The molecule has 0 aliphatic rings. The predicted molar refractivity (Wildman–Crippen MR) is 78.4 cm³/mol. The standard InChI is InChI=1S/C15H27N3O/c1-7-15(5,19-8-2)14-17-11(3)13(9-10-16-6)12(4)18-14/h16H,7-10H2,1-6H3. The summed E-state index contributed by atoms with van der Waals surface area (Å²) in [5, 5.41) is 3.17. The van der Waals surface area contributed by atoms with Gasteiger partial charge in [-0.1, -0.05) is 6.92 Å². The van der Waals surface area contributed by atoms with E-state index in [0.717, 1.165) is 36.6 Å². The number of hydrogen-bond donors (Lipinski definition) is 1. The molecule has 1 heterocycles. The zero-order chi connectivity index (χ0) is 14.5. The van der Waals surface area contributed by atoms with Crippen LogP contribution in [-0.4, -0.2) is 30.2 Å². The topological polar surface area (TPSA) is 47.0 Å². The third-order valence-corrected chi connectivity index (χ3v) is 3.66. The molecule has 1 unspecified atom stereocenters. The first-order chi connectivity index (χ1) is 8.98. The van der Waals surface area contributed by atoms with E-state index in [1.54, 1.807) is 0 Å². The molecule has 1 rings (SSSR count). The summed E-state index contributed by atoms with van der Waals surface area (Å²) < 4.78 is 5.86. The Hall–Kier alpha value is -1.00. The number of nitrogens with zero attached hydrogens (tertiary/aromatic N) is 2. The number of hydrogen-bond acceptors (Lipinski definition) is 4. The van der Waals surface area contributed by atoms with Crippen LogP contribution in [0.3, 0.4) is 0 Å². The summed E-state index contributed by atoms with van der Waals surface area (Å²) in [5.41, 5.74) is 2.99. The lowest BCUT2D eigenvalue weighted by Crippen LogP contribution is -2.29. The van der Waals surface area contributed by atoms with E-state index in [9.17, 15) is 0 Å². The molecule has 1 atom stereocenters. The molecule has 0 saturated carbocycles. The Kier molecular flexibility index (Phi) is 5.88. The lowest BCUT2D eigenvalue weighted by Gasteiger charge is -2.27. The van der Waals surface area contributed by atoms with E-state index in [1.807, 2.05) is 14.0 Å². The Labute approximate surface area is 117 Å². The summed E-state index contributed by atoms with van der Waals surface area (Å²) in [7, 11) is 1.96. The van der Waals surface area contributed by atoms with Gasteiger partial charge in [0.2, 0.25) is 0 Å². The summed E-state index contributed by atoms with van der Waals surface area (Å²) in [6.07, 6.45) is 1.83. The number of aryl methyl sites for hydroxylation is 2. The monoisotopic (exact) mass is 265 g/mol. The van der Waals surface area contributed by atoms with Crippen LogP contribution in [0, 0.1) is 13.8 Å². The minimum atomic E-state index is -0.383. The van der Waals surface area contributed by atoms with E-state index >= 15 is 0 Å². The second-order valence-corrected chi connectivity index (χ2v) is 5.07.